The van der Waals surface area contributed by atoms with Crippen molar-refractivity contribution >= 4 is 21.8 Å². The second kappa shape index (κ2) is 15.5. The molecule has 11 rings (SSSR count). The molecule has 0 N–H and O–H groups in total. The highest BCUT2D eigenvalue weighted by atomic mass is 15.0. The Morgan fingerprint density at radius 1 is 0.230 bits per heavy atom. The summed E-state index contributed by atoms with van der Waals surface area (Å²) in [6.45, 7) is 0. The van der Waals surface area contributed by atoms with Crippen LogP contribution in [0.1, 0.15) is 0 Å². The Morgan fingerprint density at radius 2 is 0.525 bits per heavy atom. The number of nitrogens with zero attached hydrogens (tertiary/aromatic N) is 4. The van der Waals surface area contributed by atoms with Gasteiger partial charge in [-0.3, -0.25) is 0 Å². The molecule has 0 aliphatic rings. The van der Waals surface area contributed by atoms with Crippen molar-refractivity contribution in [1.82, 2.24) is 19.5 Å². The van der Waals surface area contributed by atoms with E-state index in [1.165, 1.54) is 49.6 Å². The standard InChI is InChI=1S/C57H38N4/c1-3-14-41(15-4-1)55-58-56(42-16-5-2-6-17-42)60-57(59-55)43-30-28-39(29-31-43)44-18-11-20-46(36-44)48-22-13-23-49(38-48)47-21-12-19-45(37-47)40-32-34-50(35-33-40)61-53-26-9-7-24-51(53)52-25-8-10-27-54(52)61/h1-38H. The maximum Gasteiger partial charge on any atom is 0.164 e. The third-order valence-corrected chi connectivity index (χ3v) is 11.5. The first kappa shape index (κ1) is 35.9. The van der Waals surface area contributed by atoms with E-state index < -0.39 is 0 Å². The molecule has 0 saturated heterocycles. The second-order valence-electron chi connectivity index (χ2n) is 15.3. The van der Waals surface area contributed by atoms with Gasteiger partial charge in [0.25, 0.3) is 0 Å². The molecular formula is C57H38N4. The van der Waals surface area contributed by atoms with Crippen molar-refractivity contribution in [1.29, 1.82) is 0 Å². The minimum atomic E-state index is 0.644. The van der Waals surface area contributed by atoms with Crippen molar-refractivity contribution in [2.45, 2.75) is 0 Å². The van der Waals surface area contributed by atoms with E-state index in [0.29, 0.717) is 17.5 Å². The van der Waals surface area contributed by atoms with Crippen LogP contribution in [0.15, 0.2) is 231 Å². The van der Waals surface area contributed by atoms with E-state index in [0.717, 1.165) is 39.1 Å². The molecule has 2 aromatic heterocycles. The van der Waals surface area contributed by atoms with Gasteiger partial charge in [-0.25, -0.2) is 15.0 Å². The van der Waals surface area contributed by atoms with Crippen LogP contribution in [0.4, 0.5) is 0 Å². The maximum absolute atomic E-state index is 4.92. The van der Waals surface area contributed by atoms with Crippen LogP contribution in [0.3, 0.4) is 0 Å². The van der Waals surface area contributed by atoms with E-state index in [2.05, 4.69) is 174 Å². The van der Waals surface area contributed by atoms with Gasteiger partial charge in [0.15, 0.2) is 17.5 Å². The fourth-order valence-electron chi connectivity index (χ4n) is 8.39. The van der Waals surface area contributed by atoms with Crippen molar-refractivity contribution in [2.24, 2.45) is 0 Å². The molecule has 61 heavy (non-hydrogen) atoms. The summed E-state index contributed by atoms with van der Waals surface area (Å²) in [5.74, 6) is 1.95. The van der Waals surface area contributed by atoms with Crippen LogP contribution in [-0.4, -0.2) is 19.5 Å². The first-order valence-electron chi connectivity index (χ1n) is 20.6. The Labute approximate surface area is 354 Å². The first-order valence-corrected chi connectivity index (χ1v) is 20.6. The number of benzene rings is 9. The summed E-state index contributed by atoms with van der Waals surface area (Å²) < 4.78 is 2.36. The molecule has 0 bridgehead atoms. The van der Waals surface area contributed by atoms with Gasteiger partial charge in [-0.1, -0.05) is 188 Å². The van der Waals surface area contributed by atoms with E-state index in [1.54, 1.807) is 0 Å². The van der Waals surface area contributed by atoms with Gasteiger partial charge in [0.2, 0.25) is 0 Å². The number of rotatable bonds is 8. The van der Waals surface area contributed by atoms with E-state index in [-0.39, 0.29) is 0 Å². The predicted octanol–water partition coefficient (Wildman–Crippen LogP) is 14.6. The number of fused-ring (bicyclic) bond motifs is 3. The van der Waals surface area contributed by atoms with Crippen LogP contribution < -0.4 is 0 Å². The van der Waals surface area contributed by atoms with Gasteiger partial charge in [-0.2, -0.15) is 0 Å². The molecule has 0 saturated carbocycles. The summed E-state index contributed by atoms with van der Waals surface area (Å²) in [6, 6.07) is 81.4. The minimum Gasteiger partial charge on any atom is -0.309 e. The zero-order chi connectivity index (χ0) is 40.5. The van der Waals surface area contributed by atoms with Crippen molar-refractivity contribution in [3.05, 3.63) is 231 Å². The number of para-hydroxylation sites is 2. The third kappa shape index (κ3) is 6.96. The minimum absolute atomic E-state index is 0.644. The fourth-order valence-corrected chi connectivity index (χ4v) is 8.39. The molecule has 0 atom stereocenters. The van der Waals surface area contributed by atoms with Gasteiger partial charge in [-0.15, -0.1) is 0 Å². The lowest BCUT2D eigenvalue weighted by atomic mass is 9.94. The van der Waals surface area contributed by atoms with E-state index >= 15 is 0 Å². The summed E-state index contributed by atoms with van der Waals surface area (Å²) in [7, 11) is 0. The van der Waals surface area contributed by atoms with Gasteiger partial charge < -0.3 is 4.57 Å². The first-order chi connectivity index (χ1) is 30.2. The Hall–Kier alpha value is -8.21. The highest BCUT2D eigenvalue weighted by Crippen LogP contribution is 2.35. The lowest BCUT2D eigenvalue weighted by Crippen LogP contribution is -2.00. The van der Waals surface area contributed by atoms with Crippen LogP contribution in [0, 0.1) is 0 Å². The smallest absolute Gasteiger partial charge is 0.164 e. The molecule has 4 heteroatoms. The van der Waals surface area contributed by atoms with Crippen LogP contribution in [0.5, 0.6) is 0 Å². The third-order valence-electron chi connectivity index (χ3n) is 11.5. The monoisotopic (exact) mass is 778 g/mol. The van der Waals surface area contributed by atoms with Crippen LogP contribution in [-0.2, 0) is 0 Å². The number of hydrogen-bond donors (Lipinski definition) is 0. The summed E-state index contributed by atoms with van der Waals surface area (Å²) in [4.78, 5) is 14.7. The largest absolute Gasteiger partial charge is 0.309 e. The Kier molecular flexibility index (Phi) is 9.14. The SMILES string of the molecule is c1ccc(-c2nc(-c3ccccc3)nc(-c3ccc(-c4cccc(-c5cccc(-c6cccc(-c7ccc(-n8c9ccccc9c9ccccc98)cc7)c6)c5)c4)cc3)n2)cc1. The normalized spacial score (nSPS) is 11.3. The van der Waals surface area contributed by atoms with E-state index in [1.807, 2.05) is 60.7 Å². The van der Waals surface area contributed by atoms with Gasteiger partial charge in [0.05, 0.1) is 11.0 Å². The molecule has 0 aliphatic carbocycles. The van der Waals surface area contributed by atoms with Crippen molar-refractivity contribution in [2.75, 3.05) is 0 Å². The van der Waals surface area contributed by atoms with Gasteiger partial charge in [0.1, 0.15) is 0 Å². The lowest BCUT2D eigenvalue weighted by Gasteiger charge is -2.11. The molecule has 2 heterocycles. The quantitative estimate of drug-likeness (QED) is 0.154. The molecule has 0 amide bonds. The molecule has 0 radical (unpaired) electrons. The van der Waals surface area contributed by atoms with Gasteiger partial charge >= 0.3 is 0 Å². The van der Waals surface area contributed by atoms with Crippen molar-refractivity contribution < 1.29 is 0 Å². The summed E-state index contributed by atoms with van der Waals surface area (Å²) in [5, 5.41) is 2.54. The topological polar surface area (TPSA) is 43.6 Å². The molecule has 11 aromatic rings. The molecular weight excluding hydrogens is 741 g/mol. The fraction of sp³-hybridized carbons (Fsp3) is 0. The Bertz CT molecular complexity index is 3220. The van der Waals surface area contributed by atoms with Crippen LogP contribution >= 0.6 is 0 Å². The molecule has 0 unspecified atom stereocenters. The Balaban J connectivity index is 0.861. The molecule has 0 spiro atoms. The average molecular weight is 779 g/mol. The lowest BCUT2D eigenvalue weighted by molar-refractivity contribution is 1.07. The summed E-state index contributed by atoms with van der Waals surface area (Å²) >= 11 is 0. The number of hydrogen-bond acceptors (Lipinski definition) is 3. The molecule has 0 fully saturated rings. The van der Waals surface area contributed by atoms with Crippen LogP contribution in [0.25, 0.3) is 106 Å². The highest BCUT2D eigenvalue weighted by Gasteiger charge is 2.14. The molecule has 9 aromatic carbocycles. The summed E-state index contributed by atoms with van der Waals surface area (Å²) in [6.07, 6.45) is 0. The van der Waals surface area contributed by atoms with E-state index in [9.17, 15) is 0 Å². The summed E-state index contributed by atoms with van der Waals surface area (Å²) in [5.41, 5.74) is 15.8. The van der Waals surface area contributed by atoms with Crippen LogP contribution in [0.2, 0.25) is 0 Å². The maximum atomic E-state index is 4.92. The average Bonchev–Trinajstić information content (AvgIpc) is 3.69. The van der Waals surface area contributed by atoms with Crippen molar-refractivity contribution in [3.63, 3.8) is 0 Å². The molecule has 0 aliphatic heterocycles. The predicted molar refractivity (Wildman–Crippen MR) is 252 cm³/mol. The zero-order valence-electron chi connectivity index (χ0n) is 33.2. The molecule has 4 nitrogen and oxygen atoms in total. The van der Waals surface area contributed by atoms with Crippen molar-refractivity contribution in [3.8, 4) is 84.4 Å². The zero-order valence-corrected chi connectivity index (χ0v) is 33.2. The molecule has 286 valence electrons. The highest BCUT2D eigenvalue weighted by molar-refractivity contribution is 6.09. The van der Waals surface area contributed by atoms with Gasteiger partial charge in [-0.05, 0) is 87.0 Å². The van der Waals surface area contributed by atoms with Gasteiger partial charge in [0, 0.05) is 33.2 Å². The number of aromatic nitrogens is 4. The van der Waals surface area contributed by atoms with E-state index in [4.69, 9.17) is 15.0 Å². The Morgan fingerprint density at radius 3 is 0.934 bits per heavy atom. The second-order valence-corrected chi connectivity index (χ2v) is 15.3.